The Bertz CT molecular complexity index is 766. The van der Waals surface area contributed by atoms with Gasteiger partial charge in [-0.2, -0.15) is 0 Å². The van der Waals surface area contributed by atoms with E-state index < -0.39 is 0 Å². The topological polar surface area (TPSA) is 63.1 Å². The van der Waals surface area contributed by atoms with E-state index in [2.05, 4.69) is 37.1 Å². The van der Waals surface area contributed by atoms with Crippen LogP contribution in [-0.2, 0) is 11.3 Å². The maximum absolute atomic E-state index is 12.3. The Labute approximate surface area is 171 Å². The summed E-state index contributed by atoms with van der Waals surface area (Å²) < 4.78 is 2.11. The first kappa shape index (κ1) is 19.5. The highest BCUT2D eigenvalue weighted by atomic mass is 32.2. The van der Waals surface area contributed by atoms with Gasteiger partial charge < -0.3 is 5.32 Å². The van der Waals surface area contributed by atoms with Crippen LogP contribution in [0, 0.1) is 0 Å². The van der Waals surface area contributed by atoms with Crippen LogP contribution in [0.4, 0.5) is 0 Å². The normalized spacial score (nSPS) is 18.4. The van der Waals surface area contributed by atoms with E-state index in [1.165, 1.54) is 43.9 Å². The van der Waals surface area contributed by atoms with E-state index in [-0.39, 0.29) is 5.91 Å². The number of benzene rings is 1. The molecule has 4 rings (SSSR count). The molecule has 0 bridgehead atoms. The van der Waals surface area contributed by atoms with Crippen LogP contribution < -0.4 is 5.32 Å². The summed E-state index contributed by atoms with van der Waals surface area (Å²) in [6.45, 7) is 3.04. The van der Waals surface area contributed by atoms with Gasteiger partial charge in [-0.25, -0.2) is 0 Å². The average molecular weight is 400 g/mol. The smallest absolute Gasteiger partial charge is 0.230 e. The minimum atomic E-state index is 0.0945. The van der Waals surface area contributed by atoms with Gasteiger partial charge in [-0.1, -0.05) is 49.2 Å². The number of nitrogens with zero attached hydrogens (tertiary/aromatic N) is 4. The molecule has 7 heteroatoms. The molecular weight excluding hydrogens is 370 g/mol. The number of hydrogen-bond acceptors (Lipinski definition) is 5. The Morgan fingerprint density at radius 2 is 1.79 bits per heavy atom. The van der Waals surface area contributed by atoms with Gasteiger partial charge in [0.2, 0.25) is 5.91 Å². The maximum atomic E-state index is 12.3. The zero-order valence-corrected chi connectivity index (χ0v) is 17.2. The van der Waals surface area contributed by atoms with E-state index in [1.807, 2.05) is 18.2 Å². The summed E-state index contributed by atoms with van der Waals surface area (Å²) in [7, 11) is 0. The van der Waals surface area contributed by atoms with E-state index in [0.29, 0.717) is 11.8 Å². The SMILES string of the molecule is O=C(CSc1nnc(CN2CCCCC2)n1-c1ccccc1)NC1CCCC1. The number of thioether (sulfide) groups is 1. The minimum Gasteiger partial charge on any atom is -0.353 e. The molecule has 0 spiro atoms. The second kappa shape index (κ2) is 9.56. The highest BCUT2D eigenvalue weighted by Crippen LogP contribution is 2.24. The van der Waals surface area contributed by atoms with Crippen molar-refractivity contribution in [2.75, 3.05) is 18.8 Å². The predicted molar refractivity (Wildman–Crippen MR) is 112 cm³/mol. The lowest BCUT2D eigenvalue weighted by atomic mass is 10.1. The van der Waals surface area contributed by atoms with Crippen LogP contribution in [0.5, 0.6) is 0 Å². The highest BCUT2D eigenvalue weighted by molar-refractivity contribution is 7.99. The molecule has 150 valence electrons. The van der Waals surface area contributed by atoms with Crippen molar-refractivity contribution in [3.63, 3.8) is 0 Å². The number of carbonyl (C=O) groups is 1. The molecule has 1 N–H and O–H groups in total. The van der Waals surface area contributed by atoms with Crippen LogP contribution >= 0.6 is 11.8 Å². The highest BCUT2D eigenvalue weighted by Gasteiger charge is 2.21. The van der Waals surface area contributed by atoms with Crippen molar-refractivity contribution in [2.24, 2.45) is 0 Å². The minimum absolute atomic E-state index is 0.0945. The second-order valence-electron chi connectivity index (χ2n) is 7.74. The van der Waals surface area contributed by atoms with Gasteiger partial charge in [-0.3, -0.25) is 14.3 Å². The Kier molecular flexibility index (Phi) is 6.65. The van der Waals surface area contributed by atoms with Gasteiger partial charge in [0.1, 0.15) is 0 Å². The molecule has 1 saturated carbocycles. The molecule has 2 aliphatic rings. The van der Waals surface area contributed by atoms with E-state index >= 15 is 0 Å². The van der Waals surface area contributed by atoms with Crippen LogP contribution in [0.2, 0.25) is 0 Å². The summed E-state index contributed by atoms with van der Waals surface area (Å²) >= 11 is 1.48. The summed E-state index contributed by atoms with van der Waals surface area (Å²) in [6, 6.07) is 10.6. The van der Waals surface area contributed by atoms with Gasteiger partial charge in [0.15, 0.2) is 11.0 Å². The van der Waals surface area contributed by atoms with E-state index in [4.69, 9.17) is 0 Å². The van der Waals surface area contributed by atoms with Crippen molar-refractivity contribution in [1.29, 1.82) is 0 Å². The number of aromatic nitrogens is 3. The average Bonchev–Trinajstić information content (AvgIpc) is 3.38. The van der Waals surface area contributed by atoms with Crippen molar-refractivity contribution in [3.05, 3.63) is 36.2 Å². The molecule has 1 saturated heterocycles. The number of hydrogen-bond donors (Lipinski definition) is 1. The fourth-order valence-electron chi connectivity index (χ4n) is 4.12. The van der Waals surface area contributed by atoms with Crippen molar-refractivity contribution in [2.45, 2.75) is 62.7 Å². The van der Waals surface area contributed by atoms with E-state index in [1.54, 1.807) is 0 Å². The van der Waals surface area contributed by atoms with E-state index in [0.717, 1.165) is 49.1 Å². The maximum Gasteiger partial charge on any atom is 0.230 e. The molecular formula is C21H29N5OS. The molecule has 0 radical (unpaired) electrons. The first-order valence-corrected chi connectivity index (χ1v) is 11.4. The standard InChI is InChI=1S/C21H29N5OS/c27-20(22-17-9-5-6-10-17)16-28-21-24-23-19(15-25-13-7-2-8-14-25)26(21)18-11-3-1-4-12-18/h1,3-4,11-12,17H,2,5-10,13-16H2,(H,22,27). The lowest BCUT2D eigenvalue weighted by Crippen LogP contribution is -2.33. The zero-order chi connectivity index (χ0) is 19.2. The second-order valence-corrected chi connectivity index (χ2v) is 8.69. The molecule has 1 aliphatic carbocycles. The van der Waals surface area contributed by atoms with E-state index in [9.17, 15) is 4.79 Å². The number of amides is 1. The van der Waals surface area contributed by atoms with Crippen molar-refractivity contribution in [1.82, 2.24) is 25.0 Å². The van der Waals surface area contributed by atoms with Crippen molar-refractivity contribution in [3.8, 4) is 5.69 Å². The Balaban J connectivity index is 1.47. The summed E-state index contributed by atoms with van der Waals surface area (Å²) in [5.41, 5.74) is 1.05. The zero-order valence-electron chi connectivity index (χ0n) is 16.3. The molecule has 2 fully saturated rings. The van der Waals surface area contributed by atoms with Crippen LogP contribution in [0.15, 0.2) is 35.5 Å². The summed E-state index contributed by atoms with van der Waals surface area (Å²) in [5.74, 6) is 1.43. The summed E-state index contributed by atoms with van der Waals surface area (Å²) in [6.07, 6.45) is 8.48. The first-order chi connectivity index (χ1) is 13.8. The fraction of sp³-hybridized carbons (Fsp3) is 0.571. The third kappa shape index (κ3) is 4.94. The van der Waals surface area contributed by atoms with Gasteiger partial charge in [-0.15, -0.1) is 10.2 Å². The molecule has 2 heterocycles. The number of likely N-dealkylation sites (tertiary alicyclic amines) is 1. The van der Waals surface area contributed by atoms with Gasteiger partial charge in [0, 0.05) is 11.7 Å². The Hall–Kier alpha value is -1.86. The number of para-hydroxylation sites is 1. The van der Waals surface area contributed by atoms with Crippen LogP contribution in [0.25, 0.3) is 5.69 Å². The largest absolute Gasteiger partial charge is 0.353 e. The molecule has 1 amide bonds. The quantitative estimate of drug-likeness (QED) is 0.723. The first-order valence-electron chi connectivity index (χ1n) is 10.4. The number of nitrogens with one attached hydrogen (secondary N) is 1. The van der Waals surface area contributed by atoms with Gasteiger partial charge in [0.05, 0.1) is 12.3 Å². The van der Waals surface area contributed by atoms with Crippen LogP contribution in [-0.4, -0.2) is 50.5 Å². The number of piperidine rings is 1. The molecule has 1 aromatic heterocycles. The predicted octanol–water partition coefficient (Wildman–Crippen LogP) is 3.40. The van der Waals surface area contributed by atoms with Crippen LogP contribution in [0.3, 0.4) is 0 Å². The molecule has 0 unspecified atom stereocenters. The fourth-order valence-corrected chi connectivity index (χ4v) is 4.90. The molecule has 28 heavy (non-hydrogen) atoms. The van der Waals surface area contributed by atoms with Crippen molar-refractivity contribution < 1.29 is 4.79 Å². The lowest BCUT2D eigenvalue weighted by Gasteiger charge is -2.26. The number of carbonyl (C=O) groups excluding carboxylic acids is 1. The third-order valence-corrected chi connectivity index (χ3v) is 6.51. The van der Waals surface area contributed by atoms with Gasteiger partial charge in [-0.05, 0) is 50.9 Å². The van der Waals surface area contributed by atoms with Gasteiger partial charge >= 0.3 is 0 Å². The number of rotatable bonds is 7. The molecule has 1 aromatic carbocycles. The lowest BCUT2D eigenvalue weighted by molar-refractivity contribution is -0.119. The Morgan fingerprint density at radius 3 is 2.54 bits per heavy atom. The molecule has 1 aliphatic heterocycles. The monoisotopic (exact) mass is 399 g/mol. The van der Waals surface area contributed by atoms with Gasteiger partial charge in [0.25, 0.3) is 0 Å². The summed E-state index contributed by atoms with van der Waals surface area (Å²) in [5, 5.41) is 12.9. The Morgan fingerprint density at radius 1 is 1.04 bits per heavy atom. The third-order valence-electron chi connectivity index (χ3n) is 5.58. The van der Waals surface area contributed by atoms with Crippen molar-refractivity contribution >= 4 is 17.7 Å². The molecule has 2 aromatic rings. The summed E-state index contributed by atoms with van der Waals surface area (Å²) in [4.78, 5) is 14.8. The van der Waals surface area contributed by atoms with Crippen LogP contribution in [0.1, 0.15) is 50.8 Å². The molecule has 0 atom stereocenters. The molecule has 6 nitrogen and oxygen atoms in total.